The van der Waals surface area contributed by atoms with Gasteiger partial charge in [0.05, 0.1) is 5.69 Å². The highest BCUT2D eigenvalue weighted by molar-refractivity contribution is 5.95. The van der Waals surface area contributed by atoms with E-state index in [1.165, 1.54) is 0 Å². The minimum atomic E-state index is 0.116. The molecule has 21 heavy (non-hydrogen) atoms. The minimum absolute atomic E-state index is 0.116. The lowest BCUT2D eigenvalue weighted by atomic mass is 10.1. The van der Waals surface area contributed by atoms with Crippen LogP contribution in [0.3, 0.4) is 0 Å². The van der Waals surface area contributed by atoms with E-state index in [-0.39, 0.29) is 5.75 Å². The van der Waals surface area contributed by atoms with Crippen molar-refractivity contribution in [2.75, 3.05) is 5.73 Å². The number of aryl methyl sites for hydroxylation is 1. The highest BCUT2D eigenvalue weighted by Gasteiger charge is 2.06. The zero-order chi connectivity index (χ0) is 14.8. The van der Waals surface area contributed by atoms with Gasteiger partial charge in [0.2, 0.25) is 0 Å². The third-order valence-corrected chi connectivity index (χ3v) is 3.36. The van der Waals surface area contributed by atoms with Gasteiger partial charge in [-0.25, -0.2) is 0 Å². The maximum Gasteiger partial charge on any atom is 0.143 e. The van der Waals surface area contributed by atoms with E-state index < -0.39 is 0 Å². The Morgan fingerprint density at radius 2 is 1.76 bits per heavy atom. The van der Waals surface area contributed by atoms with E-state index >= 15 is 0 Å². The van der Waals surface area contributed by atoms with Crippen LogP contribution in [0.15, 0.2) is 64.8 Å². The van der Waals surface area contributed by atoms with Crippen LogP contribution in [-0.2, 0) is 0 Å². The van der Waals surface area contributed by atoms with Gasteiger partial charge in [0, 0.05) is 11.1 Å². The van der Waals surface area contributed by atoms with Gasteiger partial charge < -0.3 is 10.8 Å². The molecule has 0 aliphatic carbocycles. The molecular formula is C17H15N3O. The van der Waals surface area contributed by atoms with Gasteiger partial charge in [-0.05, 0) is 42.1 Å². The molecule has 0 fully saturated rings. The van der Waals surface area contributed by atoms with Crippen LogP contribution in [0.25, 0.3) is 10.8 Å². The summed E-state index contributed by atoms with van der Waals surface area (Å²) in [5.41, 5.74) is 8.57. The summed E-state index contributed by atoms with van der Waals surface area (Å²) in [5, 5.41) is 20.4. The molecule has 3 N–H and O–H groups in total. The molecule has 104 valence electrons. The van der Waals surface area contributed by atoms with Crippen molar-refractivity contribution < 1.29 is 5.11 Å². The average Bonchev–Trinajstić information content (AvgIpc) is 2.48. The first-order valence-electron chi connectivity index (χ1n) is 6.64. The number of nitrogens with two attached hydrogens (primary N) is 1. The predicted molar refractivity (Wildman–Crippen MR) is 85.4 cm³/mol. The first-order chi connectivity index (χ1) is 10.1. The first kappa shape index (κ1) is 13.1. The maximum absolute atomic E-state index is 10.0. The Morgan fingerprint density at radius 3 is 2.57 bits per heavy atom. The summed E-state index contributed by atoms with van der Waals surface area (Å²) in [6.07, 6.45) is 0. The number of hydrogen-bond donors (Lipinski definition) is 2. The molecule has 0 heterocycles. The molecule has 0 bridgehead atoms. The third kappa shape index (κ3) is 2.56. The smallest absolute Gasteiger partial charge is 0.143 e. The van der Waals surface area contributed by atoms with E-state index in [0.29, 0.717) is 11.4 Å². The number of benzene rings is 3. The molecule has 0 saturated carbocycles. The summed E-state index contributed by atoms with van der Waals surface area (Å²) in [5.74, 6) is 0.116. The lowest BCUT2D eigenvalue weighted by Gasteiger charge is -2.04. The standard InChI is InChI=1S/C17H15N3O/c1-11-10-13(18)7-8-15(11)19-20-17-14-5-3-2-4-12(14)6-9-16(17)21/h2-10,21H,18H2,1H3/b20-19+. The van der Waals surface area contributed by atoms with Crippen LogP contribution in [0.5, 0.6) is 5.75 Å². The number of rotatable bonds is 2. The van der Waals surface area contributed by atoms with E-state index in [9.17, 15) is 5.11 Å². The summed E-state index contributed by atoms with van der Waals surface area (Å²) < 4.78 is 0. The molecule has 3 rings (SSSR count). The molecule has 4 heteroatoms. The first-order valence-corrected chi connectivity index (χ1v) is 6.64. The third-order valence-electron chi connectivity index (χ3n) is 3.36. The fraction of sp³-hybridized carbons (Fsp3) is 0.0588. The van der Waals surface area contributed by atoms with Crippen molar-refractivity contribution in [3.63, 3.8) is 0 Å². The second-order valence-electron chi connectivity index (χ2n) is 4.90. The second kappa shape index (κ2) is 5.25. The minimum Gasteiger partial charge on any atom is -0.506 e. The van der Waals surface area contributed by atoms with Crippen LogP contribution in [0.1, 0.15) is 5.56 Å². The van der Waals surface area contributed by atoms with Gasteiger partial charge in [-0.15, -0.1) is 5.11 Å². The lowest BCUT2D eigenvalue weighted by Crippen LogP contribution is -1.84. The molecule has 0 amide bonds. The molecule has 3 aromatic rings. The Kier molecular flexibility index (Phi) is 3.28. The number of nitrogens with zero attached hydrogens (tertiary/aromatic N) is 2. The van der Waals surface area contributed by atoms with Gasteiger partial charge in [0.15, 0.2) is 0 Å². The second-order valence-corrected chi connectivity index (χ2v) is 4.90. The van der Waals surface area contributed by atoms with Crippen molar-refractivity contribution in [3.05, 3.63) is 60.2 Å². The number of phenols is 1. The number of aromatic hydroxyl groups is 1. The number of anilines is 1. The molecular weight excluding hydrogens is 262 g/mol. The fourth-order valence-corrected chi connectivity index (χ4v) is 2.24. The monoisotopic (exact) mass is 277 g/mol. The van der Waals surface area contributed by atoms with Crippen molar-refractivity contribution in [2.45, 2.75) is 6.92 Å². The van der Waals surface area contributed by atoms with Gasteiger partial charge in [-0.1, -0.05) is 30.3 Å². The molecule has 0 aliphatic rings. The van der Waals surface area contributed by atoms with Crippen molar-refractivity contribution in [1.29, 1.82) is 0 Å². The highest BCUT2D eigenvalue weighted by atomic mass is 16.3. The van der Waals surface area contributed by atoms with Gasteiger partial charge in [-0.2, -0.15) is 5.11 Å². The van der Waals surface area contributed by atoms with Crippen LogP contribution in [0.2, 0.25) is 0 Å². The molecule has 0 aliphatic heterocycles. The normalized spacial score (nSPS) is 11.3. The number of azo groups is 1. The fourth-order valence-electron chi connectivity index (χ4n) is 2.24. The van der Waals surface area contributed by atoms with Crippen molar-refractivity contribution in [2.24, 2.45) is 10.2 Å². The van der Waals surface area contributed by atoms with Crippen LogP contribution < -0.4 is 5.73 Å². The van der Waals surface area contributed by atoms with E-state index in [1.54, 1.807) is 12.1 Å². The van der Waals surface area contributed by atoms with Crippen molar-refractivity contribution in [1.82, 2.24) is 0 Å². The molecule has 0 atom stereocenters. The van der Waals surface area contributed by atoms with Gasteiger partial charge in [0.25, 0.3) is 0 Å². The van der Waals surface area contributed by atoms with Crippen LogP contribution in [0.4, 0.5) is 17.1 Å². The number of nitrogen functional groups attached to an aromatic ring is 1. The van der Waals surface area contributed by atoms with E-state index in [0.717, 1.165) is 22.0 Å². The predicted octanol–water partition coefficient (Wildman–Crippen LogP) is 4.85. The number of hydrogen-bond acceptors (Lipinski definition) is 4. The highest BCUT2D eigenvalue weighted by Crippen LogP contribution is 2.36. The molecule has 0 unspecified atom stereocenters. The molecule has 4 nitrogen and oxygen atoms in total. The average molecular weight is 277 g/mol. The van der Waals surface area contributed by atoms with Gasteiger partial charge in [0.1, 0.15) is 11.4 Å². The summed E-state index contributed by atoms with van der Waals surface area (Å²) in [4.78, 5) is 0. The Balaban J connectivity index is 2.09. The Bertz CT molecular complexity index is 841. The molecule has 0 radical (unpaired) electrons. The molecule has 0 saturated heterocycles. The summed E-state index contributed by atoms with van der Waals surface area (Å²) in [6, 6.07) is 16.7. The Morgan fingerprint density at radius 1 is 0.952 bits per heavy atom. The quantitative estimate of drug-likeness (QED) is 0.519. The van der Waals surface area contributed by atoms with E-state index in [4.69, 9.17) is 5.73 Å². The number of phenolic OH excluding ortho intramolecular Hbond substituents is 1. The van der Waals surface area contributed by atoms with Gasteiger partial charge >= 0.3 is 0 Å². The Labute approximate surface area is 122 Å². The van der Waals surface area contributed by atoms with Crippen molar-refractivity contribution in [3.8, 4) is 5.75 Å². The lowest BCUT2D eigenvalue weighted by molar-refractivity contribution is 0.477. The van der Waals surface area contributed by atoms with Crippen LogP contribution >= 0.6 is 0 Å². The molecule has 0 aromatic heterocycles. The zero-order valence-electron chi connectivity index (χ0n) is 11.6. The summed E-state index contributed by atoms with van der Waals surface area (Å²) in [7, 11) is 0. The SMILES string of the molecule is Cc1cc(N)ccc1/N=N/c1c(O)ccc2ccccc12. The topological polar surface area (TPSA) is 71.0 Å². The van der Waals surface area contributed by atoms with Crippen LogP contribution in [-0.4, -0.2) is 5.11 Å². The van der Waals surface area contributed by atoms with Crippen molar-refractivity contribution >= 4 is 27.8 Å². The maximum atomic E-state index is 10.0. The van der Waals surface area contributed by atoms with E-state index in [1.807, 2.05) is 49.4 Å². The summed E-state index contributed by atoms with van der Waals surface area (Å²) >= 11 is 0. The number of fused-ring (bicyclic) bond motifs is 1. The molecule has 0 spiro atoms. The molecule has 3 aromatic carbocycles. The van der Waals surface area contributed by atoms with Gasteiger partial charge in [-0.3, -0.25) is 0 Å². The Hall–Kier alpha value is -2.88. The van der Waals surface area contributed by atoms with E-state index in [2.05, 4.69) is 10.2 Å². The largest absolute Gasteiger partial charge is 0.506 e. The summed E-state index contributed by atoms with van der Waals surface area (Å²) in [6.45, 7) is 1.92. The van der Waals surface area contributed by atoms with Crippen LogP contribution in [0, 0.1) is 6.92 Å². The zero-order valence-corrected chi connectivity index (χ0v) is 11.6.